The van der Waals surface area contributed by atoms with Crippen LogP contribution in [0.5, 0.6) is 0 Å². The fraction of sp³-hybridized carbons (Fsp3) is 0.471. The van der Waals surface area contributed by atoms with E-state index < -0.39 is 5.97 Å². The zero-order valence-electron chi connectivity index (χ0n) is 13.8. The number of rotatable bonds is 3. The Morgan fingerprint density at radius 2 is 2.21 bits per heavy atom. The minimum Gasteiger partial charge on any atom is -0.465 e. The number of ether oxygens (including phenoxy) is 1. The number of halogens is 1. The third-order valence-corrected chi connectivity index (χ3v) is 4.54. The zero-order valence-corrected chi connectivity index (χ0v) is 14.6. The lowest BCUT2D eigenvalue weighted by molar-refractivity contribution is 0.0601. The molecule has 0 spiro atoms. The van der Waals surface area contributed by atoms with Crippen molar-refractivity contribution >= 4 is 18.4 Å². The van der Waals surface area contributed by atoms with E-state index in [9.17, 15) is 4.79 Å². The van der Waals surface area contributed by atoms with Gasteiger partial charge in [0.15, 0.2) is 0 Å². The van der Waals surface area contributed by atoms with Crippen molar-refractivity contribution in [2.75, 3.05) is 7.11 Å². The highest BCUT2D eigenvalue weighted by Crippen LogP contribution is 2.38. The van der Waals surface area contributed by atoms with Crippen molar-refractivity contribution in [3.8, 4) is 11.4 Å². The van der Waals surface area contributed by atoms with E-state index in [1.54, 1.807) is 18.2 Å². The van der Waals surface area contributed by atoms with Crippen molar-refractivity contribution in [1.82, 2.24) is 10.1 Å². The summed E-state index contributed by atoms with van der Waals surface area (Å²) < 4.78 is 10.2. The molecule has 6 nitrogen and oxygen atoms in total. The van der Waals surface area contributed by atoms with Crippen LogP contribution in [0.4, 0.5) is 0 Å². The molecule has 0 aliphatic heterocycles. The van der Waals surface area contributed by atoms with E-state index in [1.807, 2.05) is 13.0 Å². The van der Waals surface area contributed by atoms with Crippen LogP contribution < -0.4 is 5.73 Å². The molecule has 0 bridgehead atoms. The van der Waals surface area contributed by atoms with Crippen LogP contribution in [0.1, 0.15) is 54.8 Å². The number of carbonyl (C=O) groups excluding carboxylic acids is 1. The summed E-state index contributed by atoms with van der Waals surface area (Å²) >= 11 is 0. The van der Waals surface area contributed by atoms with Crippen LogP contribution in [0.15, 0.2) is 28.8 Å². The first-order valence-electron chi connectivity index (χ1n) is 7.82. The molecule has 24 heavy (non-hydrogen) atoms. The molecule has 0 radical (unpaired) electrons. The second-order valence-corrected chi connectivity index (χ2v) is 6.33. The lowest BCUT2D eigenvalue weighted by Crippen LogP contribution is -2.44. The number of benzene rings is 1. The molecule has 2 aromatic rings. The highest BCUT2D eigenvalue weighted by atomic mass is 35.5. The molecule has 0 saturated heterocycles. The molecule has 0 amide bonds. The van der Waals surface area contributed by atoms with Crippen molar-refractivity contribution in [3.63, 3.8) is 0 Å². The number of nitrogens with zero attached hydrogens (tertiary/aromatic N) is 2. The van der Waals surface area contributed by atoms with Crippen LogP contribution in [0.2, 0.25) is 0 Å². The highest BCUT2D eigenvalue weighted by molar-refractivity contribution is 5.90. The molecule has 2 atom stereocenters. The number of esters is 1. The van der Waals surface area contributed by atoms with E-state index in [1.165, 1.54) is 7.11 Å². The number of methoxy groups -OCH3 is 1. The Balaban J connectivity index is 0.00000208. The first-order chi connectivity index (χ1) is 11.0. The Labute approximate surface area is 147 Å². The van der Waals surface area contributed by atoms with Crippen molar-refractivity contribution in [3.05, 3.63) is 35.7 Å². The Morgan fingerprint density at radius 3 is 2.92 bits per heavy atom. The molecule has 1 fully saturated rings. The van der Waals surface area contributed by atoms with Crippen molar-refractivity contribution in [1.29, 1.82) is 0 Å². The summed E-state index contributed by atoms with van der Waals surface area (Å²) in [6, 6.07) is 6.99. The molecule has 1 heterocycles. The summed E-state index contributed by atoms with van der Waals surface area (Å²) in [5.41, 5.74) is 7.25. The van der Waals surface area contributed by atoms with Gasteiger partial charge in [-0.3, -0.25) is 0 Å². The van der Waals surface area contributed by atoms with Crippen molar-refractivity contribution in [2.45, 2.75) is 44.1 Å². The molecule has 2 N–H and O–H groups in total. The van der Waals surface area contributed by atoms with Gasteiger partial charge in [0.05, 0.1) is 18.6 Å². The van der Waals surface area contributed by atoms with Gasteiger partial charge in [-0.2, -0.15) is 4.98 Å². The predicted octanol–water partition coefficient (Wildman–Crippen LogP) is 3.32. The van der Waals surface area contributed by atoms with Gasteiger partial charge in [0.25, 0.3) is 0 Å². The quantitative estimate of drug-likeness (QED) is 0.853. The molecule has 7 heteroatoms. The van der Waals surface area contributed by atoms with Gasteiger partial charge >= 0.3 is 5.97 Å². The Kier molecular flexibility index (Phi) is 5.62. The number of nitrogens with two attached hydrogens (primary N) is 1. The van der Waals surface area contributed by atoms with Crippen LogP contribution in [0.3, 0.4) is 0 Å². The SMILES string of the molecule is COC(=O)c1cccc(-c2noc(C3CCCCC3(C)N)n2)c1.Cl. The van der Waals surface area contributed by atoms with E-state index in [2.05, 4.69) is 10.1 Å². The lowest BCUT2D eigenvalue weighted by Gasteiger charge is -2.35. The van der Waals surface area contributed by atoms with Crippen molar-refractivity contribution in [2.24, 2.45) is 5.73 Å². The predicted molar refractivity (Wildman–Crippen MR) is 92.1 cm³/mol. The molecule has 1 aliphatic carbocycles. The standard InChI is InChI=1S/C17H21N3O3.ClH/c1-17(18)9-4-3-8-13(17)15-19-14(20-23-15)11-6-5-7-12(10-11)16(21)22-2;/h5-7,10,13H,3-4,8-9,18H2,1-2H3;1H. The maximum absolute atomic E-state index is 11.6. The number of hydrogen-bond acceptors (Lipinski definition) is 6. The maximum atomic E-state index is 11.6. The highest BCUT2D eigenvalue weighted by Gasteiger charge is 2.37. The molecule has 1 aromatic heterocycles. The van der Waals surface area contributed by atoms with Gasteiger partial charge in [0.2, 0.25) is 11.7 Å². The van der Waals surface area contributed by atoms with E-state index in [0.29, 0.717) is 17.3 Å². The second kappa shape index (κ2) is 7.32. The Hall–Kier alpha value is -1.92. The van der Waals surface area contributed by atoms with Gasteiger partial charge < -0.3 is 15.0 Å². The third-order valence-electron chi connectivity index (χ3n) is 4.54. The molecular weight excluding hydrogens is 330 g/mol. The van der Waals surface area contributed by atoms with E-state index in [0.717, 1.165) is 31.2 Å². The van der Waals surface area contributed by atoms with Crippen LogP contribution in [-0.4, -0.2) is 28.8 Å². The number of hydrogen-bond donors (Lipinski definition) is 1. The summed E-state index contributed by atoms with van der Waals surface area (Å²) in [4.78, 5) is 16.1. The summed E-state index contributed by atoms with van der Waals surface area (Å²) in [6.07, 6.45) is 4.16. The molecule has 1 aliphatic rings. The lowest BCUT2D eigenvalue weighted by atomic mass is 9.74. The van der Waals surface area contributed by atoms with Crippen LogP contribution in [-0.2, 0) is 4.74 Å². The molecule has 130 valence electrons. The van der Waals surface area contributed by atoms with Gasteiger partial charge in [-0.15, -0.1) is 12.4 Å². The normalized spacial score (nSPS) is 23.4. The zero-order chi connectivity index (χ0) is 16.4. The molecule has 2 unspecified atom stereocenters. The first-order valence-corrected chi connectivity index (χ1v) is 7.82. The minimum absolute atomic E-state index is 0. The van der Waals surface area contributed by atoms with Gasteiger partial charge in [-0.25, -0.2) is 4.79 Å². The van der Waals surface area contributed by atoms with Gasteiger partial charge in [0, 0.05) is 11.1 Å². The molecule has 3 rings (SSSR count). The fourth-order valence-electron chi connectivity index (χ4n) is 3.16. The average Bonchev–Trinajstić information content (AvgIpc) is 3.03. The number of carbonyl (C=O) groups is 1. The minimum atomic E-state index is -0.391. The summed E-state index contributed by atoms with van der Waals surface area (Å²) in [5.74, 6) is 0.721. The molecule has 1 saturated carbocycles. The Morgan fingerprint density at radius 1 is 1.42 bits per heavy atom. The van der Waals surface area contributed by atoms with Gasteiger partial charge in [-0.05, 0) is 31.9 Å². The monoisotopic (exact) mass is 351 g/mol. The van der Waals surface area contributed by atoms with Crippen LogP contribution in [0, 0.1) is 0 Å². The van der Waals surface area contributed by atoms with E-state index >= 15 is 0 Å². The summed E-state index contributed by atoms with van der Waals surface area (Å²) in [6.45, 7) is 2.04. The summed E-state index contributed by atoms with van der Waals surface area (Å²) in [5, 5.41) is 4.06. The van der Waals surface area contributed by atoms with Gasteiger partial charge in [0.1, 0.15) is 0 Å². The molecular formula is C17H22ClN3O3. The largest absolute Gasteiger partial charge is 0.465 e. The van der Waals surface area contributed by atoms with E-state index in [4.69, 9.17) is 15.0 Å². The second-order valence-electron chi connectivity index (χ2n) is 6.33. The fourth-order valence-corrected chi connectivity index (χ4v) is 3.16. The van der Waals surface area contributed by atoms with Crippen LogP contribution >= 0.6 is 12.4 Å². The molecule has 1 aromatic carbocycles. The van der Waals surface area contributed by atoms with E-state index in [-0.39, 0.29) is 23.9 Å². The number of aromatic nitrogens is 2. The average molecular weight is 352 g/mol. The summed E-state index contributed by atoms with van der Waals surface area (Å²) in [7, 11) is 1.35. The van der Waals surface area contributed by atoms with Crippen LogP contribution in [0.25, 0.3) is 11.4 Å². The smallest absolute Gasteiger partial charge is 0.337 e. The maximum Gasteiger partial charge on any atom is 0.337 e. The van der Waals surface area contributed by atoms with Gasteiger partial charge in [-0.1, -0.05) is 30.1 Å². The van der Waals surface area contributed by atoms with Crippen molar-refractivity contribution < 1.29 is 14.1 Å². The Bertz CT molecular complexity index is 715. The topological polar surface area (TPSA) is 91.2 Å². The first kappa shape index (κ1) is 18.4. The third kappa shape index (κ3) is 3.60.